The van der Waals surface area contributed by atoms with Gasteiger partial charge in [-0.15, -0.1) is 0 Å². The maximum atomic E-state index is 13.5. The van der Waals surface area contributed by atoms with Crippen LogP contribution in [-0.4, -0.2) is 291 Å². The van der Waals surface area contributed by atoms with E-state index in [-0.39, 0.29) is 98.2 Å². The van der Waals surface area contributed by atoms with Gasteiger partial charge in [-0.05, 0) is 212 Å². The number of nitrogens with zero attached hydrogens (tertiary/aromatic N) is 14. The number of piperazine rings is 2. The fourth-order valence-corrected chi connectivity index (χ4v) is 21.9. The lowest BCUT2D eigenvalue weighted by atomic mass is 9.98. The number of aliphatic carboxylic acids is 1. The van der Waals surface area contributed by atoms with Gasteiger partial charge in [-0.1, -0.05) is 79.2 Å². The van der Waals surface area contributed by atoms with Gasteiger partial charge in [0.1, 0.15) is 80.7 Å². The van der Waals surface area contributed by atoms with Crippen molar-refractivity contribution in [2.24, 2.45) is 23.7 Å². The zero-order chi connectivity index (χ0) is 98.1. The third-order valence-electron chi connectivity index (χ3n) is 30.0. The maximum Gasteiger partial charge on any atom is 0.359 e. The summed E-state index contributed by atoms with van der Waals surface area (Å²) in [5.41, 5.74) is 13.8. The molecule has 5 saturated carbocycles. The van der Waals surface area contributed by atoms with Crippen molar-refractivity contribution in [1.82, 2.24) is 73.8 Å². The van der Waals surface area contributed by atoms with Gasteiger partial charge in [0.25, 0.3) is 5.91 Å². The van der Waals surface area contributed by atoms with Gasteiger partial charge < -0.3 is 83.6 Å². The predicted molar refractivity (Wildman–Crippen MR) is 513 cm³/mol. The van der Waals surface area contributed by atoms with Crippen LogP contribution in [0.1, 0.15) is 243 Å². The first-order valence-electron chi connectivity index (χ1n) is 50.5. The Morgan fingerprint density at radius 3 is 0.950 bits per heavy atom. The zero-order valence-electron chi connectivity index (χ0n) is 81.2. The van der Waals surface area contributed by atoms with Gasteiger partial charge in [-0.2, -0.15) is 20.4 Å². The van der Waals surface area contributed by atoms with E-state index >= 15 is 0 Å². The molecule has 4 aromatic heterocycles. The summed E-state index contributed by atoms with van der Waals surface area (Å²) in [5.74, 6) is 4.36. The van der Waals surface area contributed by atoms with Crippen molar-refractivity contribution in [2.45, 2.75) is 238 Å². The number of para-hydroxylation sites is 4. The number of ether oxygens (including phenoxy) is 6. The molecule has 748 valence electrons. The summed E-state index contributed by atoms with van der Waals surface area (Å²) in [6.45, 7) is 20.5. The van der Waals surface area contributed by atoms with Gasteiger partial charge in [0.15, 0.2) is 22.8 Å². The monoisotopic (exact) mass is 1920 g/mol. The Balaban J connectivity index is 0.000000121. The van der Waals surface area contributed by atoms with Crippen molar-refractivity contribution in [1.29, 1.82) is 0 Å². The van der Waals surface area contributed by atoms with E-state index in [1.54, 1.807) is 42.6 Å². The summed E-state index contributed by atoms with van der Waals surface area (Å²) < 4.78 is 41.2. The van der Waals surface area contributed by atoms with E-state index in [4.69, 9.17) is 48.8 Å². The SMILES string of the molecule is CCOC(=O)c1nn(CC(=O)N2CCC(Oc3ccccc3C)CC2)c2c1[C@@H]1C[C@@H]1C2.CCOC(=O)c1nn(CC(=O)O)c2c1[C@@H]1C[C@@H]1C2.Cc1ccccc1OC1CCCCC1.Cc1ccccc1OC1CCN(C(=O)Cn2nc(C(=O)N3CCN(C(=O)CO)CC3)c3c2C[C@H]2C[C@@H]32)CC1.Cc1ccccc1OC1CCN(C(=O)Cn2nc(C(=O)O)c3c2C[C@H]2C[C@@H]32)CC1.O=C(CO)N1CCNCC1. The van der Waals surface area contributed by atoms with Gasteiger partial charge in [0.05, 0.1) is 19.3 Å². The molecule has 6 amide bonds. The molecule has 8 aromatic rings. The number of fused-ring (bicyclic) bond motifs is 12. The van der Waals surface area contributed by atoms with Crippen LogP contribution in [0.4, 0.5) is 0 Å². The molecule has 5 saturated heterocycles. The number of hydrogen-bond donors (Lipinski definition) is 5. The molecule has 5 N–H and O–H groups in total. The number of aryl methyl sites for hydroxylation is 4. The van der Waals surface area contributed by atoms with Gasteiger partial charge in [0, 0.05) is 175 Å². The number of aliphatic hydroxyl groups is 2. The van der Waals surface area contributed by atoms with Crippen LogP contribution in [0.15, 0.2) is 97.1 Å². The Kier molecular flexibility index (Phi) is 31.5. The first kappa shape index (κ1) is 99.1. The smallest absolute Gasteiger partial charge is 0.359 e. The highest BCUT2D eigenvalue weighted by atomic mass is 16.5. The highest BCUT2D eigenvalue weighted by Crippen LogP contribution is 2.60. The summed E-state index contributed by atoms with van der Waals surface area (Å²) in [6, 6.07) is 32.3. The lowest BCUT2D eigenvalue weighted by Crippen LogP contribution is -2.51. The lowest BCUT2D eigenvalue weighted by molar-refractivity contribution is -0.138. The molecular formula is C105H133N15O20. The average Bonchev–Trinajstić information content (AvgIpc) is 1.57. The largest absolute Gasteiger partial charge is 0.490 e. The Hall–Kier alpha value is -12.5. The molecule has 9 aliphatic carbocycles. The Bertz CT molecular complexity index is 5840. The number of benzene rings is 4. The first-order chi connectivity index (χ1) is 67.8. The second-order valence-electron chi connectivity index (χ2n) is 39.5. The Morgan fingerprint density at radius 2 is 0.629 bits per heavy atom. The molecule has 4 aromatic carbocycles. The minimum Gasteiger partial charge on any atom is -0.490 e. The van der Waals surface area contributed by atoms with Crippen LogP contribution in [-0.2, 0) is 90.1 Å². The second-order valence-corrected chi connectivity index (χ2v) is 39.5. The van der Waals surface area contributed by atoms with E-state index in [1.165, 1.54) is 42.3 Å². The number of rotatable bonds is 24. The highest BCUT2D eigenvalue weighted by molar-refractivity contribution is 5.96. The predicted octanol–water partition coefficient (Wildman–Crippen LogP) is 9.84. The number of nitrogens with one attached hydrogen (secondary N) is 1. The number of aliphatic hydroxyl groups excluding tert-OH is 2. The first-order valence-corrected chi connectivity index (χ1v) is 50.5. The number of likely N-dealkylation sites (tertiary alicyclic amines) is 3. The molecule has 140 heavy (non-hydrogen) atoms. The number of piperidine rings is 3. The summed E-state index contributed by atoms with van der Waals surface area (Å²) in [6.07, 6.45) is 19.9. The van der Waals surface area contributed by atoms with Crippen LogP contribution < -0.4 is 24.3 Å². The topological polar surface area (TPSA) is 410 Å². The molecule has 14 aliphatic rings. The van der Waals surface area contributed by atoms with Crippen molar-refractivity contribution in [3.05, 3.63) is 187 Å². The van der Waals surface area contributed by atoms with E-state index < -0.39 is 24.5 Å². The maximum absolute atomic E-state index is 13.5. The molecule has 10 fully saturated rings. The summed E-state index contributed by atoms with van der Waals surface area (Å²) in [4.78, 5) is 132. The average molecular weight is 1930 g/mol. The minimum atomic E-state index is -0.992. The normalized spacial score (nSPS) is 22.0. The summed E-state index contributed by atoms with van der Waals surface area (Å²) >= 11 is 0. The Labute approximate surface area is 815 Å². The number of carboxylic acid groups (broad SMARTS) is 2. The standard InChI is InChI=1S/C28H35N5O5.C24H29N3O4.C22H25N3O4.C13H18O.C12H14N2O4.C6H12N2O2/c1-18-4-2-3-5-23(18)38-20-6-8-30(9-7-20)24(35)16-33-22-15-19-14-21(19)26(22)27(29-33)28(37)32-12-10-31(11-13-32)25(36)17-34;1-3-30-24(29)23-22-18-12-16(18)13-19(22)27(25-23)14-21(28)26-10-8-17(9-11-26)31-20-7-5-4-6-15(20)2;1-13-4-2-3-5-18(13)29-15-6-8-24(9-7-15)19(26)12-25-17-11-14-10-16(14)20(17)21(23-25)22(27)28;1-11-7-5-6-10-13(11)14-12-8-3-2-4-9-12;1-2-18-12(17)11-10-7-3-6(7)4-8(10)14(13-11)5-9(15)16;9-5-6(10)8-3-1-7-2-4-8/h2-5,19-21,34H,6-17H2,1H3;4-7,16-18H,3,8-14H2,1-2H3;2-5,14-16H,6-12H2,1H3,(H,27,28);5-7,10,12H,2-4,8-9H2,1H3;6-7H,2-5H2,1H3,(H,15,16);7,9H,1-5H2/t19-,21-;16-,18-;14-,16-;;6-,7-;/m111.1./s1. The molecule has 9 heterocycles. The number of amides is 6. The second kappa shape index (κ2) is 44.5. The van der Waals surface area contributed by atoms with Crippen LogP contribution in [0.3, 0.4) is 0 Å². The van der Waals surface area contributed by atoms with E-state index in [0.29, 0.717) is 149 Å². The molecule has 5 aliphatic heterocycles. The number of aromatic carboxylic acids is 1. The summed E-state index contributed by atoms with van der Waals surface area (Å²) in [7, 11) is 0. The molecule has 0 bridgehead atoms. The fourth-order valence-electron chi connectivity index (χ4n) is 21.9. The van der Waals surface area contributed by atoms with Crippen molar-refractivity contribution in [3.8, 4) is 23.0 Å². The number of esters is 2. The Morgan fingerprint density at radius 1 is 0.343 bits per heavy atom. The number of carbonyl (C=O) groups excluding carboxylic acids is 8. The van der Waals surface area contributed by atoms with Crippen LogP contribution >= 0.6 is 0 Å². The van der Waals surface area contributed by atoms with E-state index in [1.807, 2.05) is 114 Å². The van der Waals surface area contributed by atoms with Crippen LogP contribution in [0.25, 0.3) is 0 Å². The molecule has 0 spiro atoms. The molecule has 8 atom stereocenters. The zero-order valence-corrected chi connectivity index (χ0v) is 81.2. The molecule has 35 nitrogen and oxygen atoms in total. The quantitative estimate of drug-likeness (QED) is 0.0351. The molecule has 35 heteroatoms. The van der Waals surface area contributed by atoms with E-state index in [0.717, 1.165) is 201 Å². The van der Waals surface area contributed by atoms with Crippen LogP contribution in [0, 0.1) is 51.4 Å². The van der Waals surface area contributed by atoms with E-state index in [2.05, 4.69) is 45.7 Å². The van der Waals surface area contributed by atoms with Crippen molar-refractivity contribution in [2.75, 3.05) is 118 Å². The summed E-state index contributed by atoms with van der Waals surface area (Å²) in [5, 5.41) is 56.6. The van der Waals surface area contributed by atoms with Gasteiger partial charge in [0.2, 0.25) is 29.5 Å². The van der Waals surface area contributed by atoms with Crippen molar-refractivity contribution in [3.63, 3.8) is 0 Å². The number of carbonyl (C=O) groups is 10. The van der Waals surface area contributed by atoms with Crippen LogP contribution in [0.2, 0.25) is 0 Å². The number of hydrogen-bond acceptors (Lipinski definition) is 23. The van der Waals surface area contributed by atoms with Gasteiger partial charge >= 0.3 is 23.9 Å². The molecule has 0 unspecified atom stereocenters. The van der Waals surface area contributed by atoms with Crippen molar-refractivity contribution < 1.29 is 96.8 Å². The highest BCUT2D eigenvalue weighted by Gasteiger charge is 2.55. The van der Waals surface area contributed by atoms with Gasteiger partial charge in [-0.3, -0.25) is 52.3 Å². The van der Waals surface area contributed by atoms with E-state index in [9.17, 15) is 53.1 Å². The van der Waals surface area contributed by atoms with Gasteiger partial charge in [-0.25, -0.2) is 14.4 Å². The third-order valence-corrected chi connectivity index (χ3v) is 30.0. The number of carboxylic acids is 2. The molecule has 0 radical (unpaired) electrons. The third kappa shape index (κ3) is 23.2. The minimum absolute atomic E-state index is 0.00199. The lowest BCUT2D eigenvalue weighted by Gasteiger charge is -2.34. The molecule has 22 rings (SSSR count). The fraction of sp³-hybridized carbons (Fsp3) is 0.562. The van der Waals surface area contributed by atoms with Crippen LogP contribution in [0.5, 0.6) is 23.0 Å². The molecular weight excluding hydrogens is 1790 g/mol. The number of aromatic nitrogens is 8. The van der Waals surface area contributed by atoms with Crippen molar-refractivity contribution >= 4 is 59.3 Å².